The summed E-state index contributed by atoms with van der Waals surface area (Å²) >= 11 is 0. The first-order valence-electron chi connectivity index (χ1n) is 4.02. The fourth-order valence-electron chi connectivity index (χ4n) is 2.59. The molecular weight excluding hydrogens is 128 g/mol. The molecular formula is C8H14O2. The SMILES string of the molecule is C[C@]1(O)CC[C@H]2C[C@@H](O)[C@H]21. The molecule has 2 fully saturated rings. The highest BCUT2D eigenvalue weighted by Crippen LogP contribution is 2.52. The van der Waals surface area contributed by atoms with Crippen molar-refractivity contribution in [2.75, 3.05) is 0 Å². The van der Waals surface area contributed by atoms with Crippen LogP contribution in [0, 0.1) is 11.8 Å². The van der Waals surface area contributed by atoms with Gasteiger partial charge in [0, 0.05) is 5.92 Å². The third-order valence-electron chi connectivity index (χ3n) is 3.21. The van der Waals surface area contributed by atoms with Crippen molar-refractivity contribution in [3.8, 4) is 0 Å². The van der Waals surface area contributed by atoms with Gasteiger partial charge < -0.3 is 10.2 Å². The summed E-state index contributed by atoms with van der Waals surface area (Å²) in [6.45, 7) is 1.85. The minimum Gasteiger partial charge on any atom is -0.393 e. The fraction of sp³-hybridized carbons (Fsp3) is 1.00. The van der Waals surface area contributed by atoms with Gasteiger partial charge in [-0.3, -0.25) is 0 Å². The molecule has 0 aromatic rings. The van der Waals surface area contributed by atoms with Crippen LogP contribution in [0.25, 0.3) is 0 Å². The molecule has 58 valence electrons. The average Bonchev–Trinajstić information content (AvgIpc) is 1.99. The Morgan fingerprint density at radius 3 is 2.60 bits per heavy atom. The Labute approximate surface area is 60.9 Å². The van der Waals surface area contributed by atoms with Crippen LogP contribution in [0.15, 0.2) is 0 Å². The number of hydrogen-bond donors (Lipinski definition) is 2. The van der Waals surface area contributed by atoms with E-state index in [1.165, 1.54) is 0 Å². The van der Waals surface area contributed by atoms with Crippen LogP contribution in [0.2, 0.25) is 0 Å². The molecule has 0 amide bonds. The molecule has 0 heterocycles. The van der Waals surface area contributed by atoms with Gasteiger partial charge in [-0.15, -0.1) is 0 Å². The van der Waals surface area contributed by atoms with Gasteiger partial charge in [0.15, 0.2) is 0 Å². The zero-order chi connectivity index (χ0) is 7.35. The van der Waals surface area contributed by atoms with Gasteiger partial charge in [0.1, 0.15) is 0 Å². The van der Waals surface area contributed by atoms with Gasteiger partial charge >= 0.3 is 0 Å². The molecule has 0 spiro atoms. The average molecular weight is 142 g/mol. The molecule has 0 aromatic carbocycles. The summed E-state index contributed by atoms with van der Waals surface area (Å²) in [6.07, 6.45) is 2.68. The van der Waals surface area contributed by atoms with Gasteiger partial charge in [0.25, 0.3) is 0 Å². The Bertz CT molecular complexity index is 153. The highest BCUT2D eigenvalue weighted by atomic mass is 16.3. The first-order chi connectivity index (χ1) is 4.61. The molecule has 10 heavy (non-hydrogen) atoms. The van der Waals surface area contributed by atoms with Crippen LogP contribution in [-0.4, -0.2) is 21.9 Å². The van der Waals surface area contributed by atoms with Crippen molar-refractivity contribution in [2.24, 2.45) is 11.8 Å². The standard InChI is InChI=1S/C8H14O2/c1-8(10)3-2-5-4-6(9)7(5)8/h5-7,9-10H,2-4H2,1H3/t5-,6+,7-,8-/m0/s1. The molecule has 2 aliphatic rings. The summed E-state index contributed by atoms with van der Waals surface area (Å²) < 4.78 is 0. The van der Waals surface area contributed by atoms with Crippen molar-refractivity contribution >= 4 is 0 Å². The van der Waals surface area contributed by atoms with Crippen LogP contribution in [0.4, 0.5) is 0 Å². The molecule has 2 nitrogen and oxygen atoms in total. The lowest BCUT2D eigenvalue weighted by atomic mass is 9.69. The van der Waals surface area contributed by atoms with Gasteiger partial charge in [-0.25, -0.2) is 0 Å². The van der Waals surface area contributed by atoms with E-state index < -0.39 is 5.60 Å². The summed E-state index contributed by atoms with van der Waals surface area (Å²) in [5.74, 6) is 0.803. The second-order valence-electron chi connectivity index (χ2n) is 3.98. The van der Waals surface area contributed by atoms with E-state index in [1.807, 2.05) is 6.92 Å². The number of aliphatic hydroxyl groups is 2. The lowest BCUT2D eigenvalue weighted by Gasteiger charge is -2.42. The third-order valence-corrected chi connectivity index (χ3v) is 3.21. The first-order valence-corrected chi connectivity index (χ1v) is 4.02. The van der Waals surface area contributed by atoms with Crippen molar-refractivity contribution in [3.63, 3.8) is 0 Å². The van der Waals surface area contributed by atoms with Gasteiger partial charge in [-0.05, 0) is 32.1 Å². The van der Waals surface area contributed by atoms with E-state index in [-0.39, 0.29) is 12.0 Å². The summed E-state index contributed by atoms with van der Waals surface area (Å²) in [4.78, 5) is 0. The predicted molar refractivity (Wildman–Crippen MR) is 37.5 cm³/mol. The topological polar surface area (TPSA) is 40.5 Å². The Balaban J connectivity index is 2.15. The van der Waals surface area contributed by atoms with Crippen LogP contribution >= 0.6 is 0 Å². The predicted octanol–water partition coefficient (Wildman–Crippen LogP) is 0.528. The van der Waals surface area contributed by atoms with E-state index in [0.29, 0.717) is 5.92 Å². The number of fused-ring (bicyclic) bond motifs is 1. The maximum atomic E-state index is 9.70. The molecule has 0 unspecified atom stereocenters. The van der Waals surface area contributed by atoms with Crippen molar-refractivity contribution in [1.82, 2.24) is 0 Å². The van der Waals surface area contributed by atoms with Gasteiger partial charge in [0.05, 0.1) is 11.7 Å². The Hall–Kier alpha value is -0.0800. The lowest BCUT2D eigenvalue weighted by molar-refractivity contribution is -0.109. The van der Waals surface area contributed by atoms with Crippen LogP contribution < -0.4 is 0 Å². The Kier molecular flexibility index (Phi) is 1.15. The van der Waals surface area contributed by atoms with E-state index in [0.717, 1.165) is 19.3 Å². The highest BCUT2D eigenvalue weighted by molar-refractivity contribution is 5.04. The molecule has 2 aliphatic carbocycles. The quantitative estimate of drug-likeness (QED) is 0.518. The molecule has 2 heteroatoms. The third kappa shape index (κ3) is 0.663. The summed E-state index contributed by atoms with van der Waals surface area (Å²) in [5.41, 5.74) is -0.567. The van der Waals surface area contributed by atoms with Crippen molar-refractivity contribution in [2.45, 2.75) is 37.9 Å². The first kappa shape index (κ1) is 6.62. The lowest BCUT2D eigenvalue weighted by Crippen LogP contribution is -2.48. The second-order valence-corrected chi connectivity index (χ2v) is 3.98. The molecule has 0 aromatic heterocycles. The zero-order valence-electron chi connectivity index (χ0n) is 6.25. The number of hydrogen-bond acceptors (Lipinski definition) is 2. The van der Waals surface area contributed by atoms with Crippen LogP contribution in [-0.2, 0) is 0 Å². The monoisotopic (exact) mass is 142 g/mol. The molecule has 2 rings (SSSR count). The molecule has 2 N–H and O–H groups in total. The molecule has 2 saturated carbocycles. The molecule has 0 aliphatic heterocycles. The highest BCUT2D eigenvalue weighted by Gasteiger charge is 2.54. The Morgan fingerprint density at radius 2 is 2.20 bits per heavy atom. The molecule has 0 bridgehead atoms. The molecule has 0 radical (unpaired) electrons. The zero-order valence-corrected chi connectivity index (χ0v) is 6.25. The normalized spacial score (nSPS) is 59.7. The molecule has 0 saturated heterocycles. The minimum absolute atomic E-state index is 0.187. The van der Waals surface area contributed by atoms with Gasteiger partial charge in [0.2, 0.25) is 0 Å². The van der Waals surface area contributed by atoms with Crippen molar-refractivity contribution in [3.05, 3.63) is 0 Å². The van der Waals surface area contributed by atoms with Gasteiger partial charge in [-0.2, -0.15) is 0 Å². The maximum absolute atomic E-state index is 9.70. The number of rotatable bonds is 0. The van der Waals surface area contributed by atoms with Gasteiger partial charge in [-0.1, -0.05) is 0 Å². The number of aliphatic hydroxyl groups excluding tert-OH is 1. The molecule has 4 atom stereocenters. The van der Waals surface area contributed by atoms with Crippen LogP contribution in [0.5, 0.6) is 0 Å². The van der Waals surface area contributed by atoms with E-state index in [9.17, 15) is 10.2 Å². The summed E-state index contributed by atoms with van der Waals surface area (Å²) in [7, 11) is 0. The Morgan fingerprint density at radius 1 is 1.50 bits per heavy atom. The largest absolute Gasteiger partial charge is 0.393 e. The maximum Gasteiger partial charge on any atom is 0.0675 e. The minimum atomic E-state index is -0.567. The van der Waals surface area contributed by atoms with E-state index >= 15 is 0 Å². The van der Waals surface area contributed by atoms with Crippen LogP contribution in [0.3, 0.4) is 0 Å². The van der Waals surface area contributed by atoms with Crippen molar-refractivity contribution in [1.29, 1.82) is 0 Å². The second kappa shape index (κ2) is 1.74. The smallest absolute Gasteiger partial charge is 0.0675 e. The summed E-state index contributed by atoms with van der Waals surface area (Å²) in [6, 6.07) is 0. The fourth-order valence-corrected chi connectivity index (χ4v) is 2.59. The van der Waals surface area contributed by atoms with Crippen LogP contribution in [0.1, 0.15) is 26.2 Å². The van der Waals surface area contributed by atoms with E-state index in [1.54, 1.807) is 0 Å². The summed E-state index contributed by atoms with van der Waals surface area (Å²) in [5, 5.41) is 19.0. The van der Waals surface area contributed by atoms with Crippen molar-refractivity contribution < 1.29 is 10.2 Å². The van der Waals surface area contributed by atoms with E-state index in [4.69, 9.17) is 0 Å². The van der Waals surface area contributed by atoms with E-state index in [2.05, 4.69) is 0 Å².